The van der Waals surface area contributed by atoms with Crippen LogP contribution in [0.3, 0.4) is 0 Å². The molecule has 9 N–H and O–H groups in total. The average molecular weight is 288 g/mol. The van der Waals surface area contributed by atoms with E-state index in [1.54, 1.807) is 0 Å². The van der Waals surface area contributed by atoms with Gasteiger partial charge in [-0.3, -0.25) is 10.2 Å². The number of aliphatic imine (C=N–C) groups is 1. The van der Waals surface area contributed by atoms with Crippen molar-refractivity contribution in [3.63, 3.8) is 0 Å². The minimum Gasteiger partial charge on any atom is -0.475 e. The summed E-state index contributed by atoms with van der Waals surface area (Å²) in [6.07, 6.45) is -6.14. The molecule has 1 unspecified atom stereocenters. The monoisotopic (exact) mass is 288 g/mol. The Hall–Kier alpha value is -2.08. The number of rotatable bonds is 4. The molecular weight excluding hydrogens is 273 g/mol. The summed E-state index contributed by atoms with van der Waals surface area (Å²) in [6, 6.07) is 0. The molecule has 0 aliphatic heterocycles. The lowest BCUT2D eigenvalue weighted by molar-refractivity contribution is -0.192. The van der Waals surface area contributed by atoms with Gasteiger partial charge in [-0.25, -0.2) is 15.2 Å². The lowest BCUT2D eigenvalue weighted by Gasteiger charge is -2.07. The first-order chi connectivity index (χ1) is 8.52. The van der Waals surface area contributed by atoms with Gasteiger partial charge in [0.2, 0.25) is 0 Å². The third-order valence-corrected chi connectivity index (χ3v) is 1.19. The molecule has 19 heavy (non-hydrogen) atoms. The number of carbonyl (C=O) groups excluding carboxylic acids is 1. The number of hydrazine groups is 1. The molecule has 0 aliphatic carbocycles. The Bertz CT molecular complexity index is 329. The van der Waals surface area contributed by atoms with Crippen LogP contribution in [0.1, 0.15) is 6.92 Å². The fourth-order valence-corrected chi connectivity index (χ4v) is 0.469. The Morgan fingerprint density at radius 3 is 2.05 bits per heavy atom. The lowest BCUT2D eigenvalue weighted by Crippen LogP contribution is -2.47. The molecule has 0 saturated heterocycles. The smallest absolute Gasteiger partial charge is 0.475 e. The van der Waals surface area contributed by atoms with Crippen molar-refractivity contribution in [3.05, 3.63) is 0 Å². The molecule has 0 aromatic heterocycles. The van der Waals surface area contributed by atoms with Crippen molar-refractivity contribution in [3.8, 4) is 0 Å². The van der Waals surface area contributed by atoms with Gasteiger partial charge < -0.3 is 22.3 Å². The quantitative estimate of drug-likeness (QED) is 0.194. The minimum atomic E-state index is -5.08. The highest BCUT2D eigenvalue weighted by Crippen LogP contribution is 2.13. The Morgan fingerprint density at radius 1 is 1.37 bits per heavy atom. The lowest BCUT2D eigenvalue weighted by atomic mass is 10.5. The highest BCUT2D eigenvalue weighted by molar-refractivity contribution is 5.85. The Labute approximate surface area is 106 Å². The number of guanidine groups is 1. The van der Waals surface area contributed by atoms with E-state index in [1.807, 2.05) is 6.92 Å². The molecular formula is C7H15F3N6O3. The van der Waals surface area contributed by atoms with E-state index in [2.05, 4.69) is 15.8 Å². The molecule has 0 aromatic rings. The summed E-state index contributed by atoms with van der Waals surface area (Å²) in [5, 5.41) is 7.12. The second-order valence-corrected chi connectivity index (χ2v) is 2.82. The molecule has 0 radical (unpaired) electrons. The standard InChI is InChI=1S/C5H14N6O.C2HF3O2/c1-2-9-11-4(12)3(6)10-5(7)8;3-2(4,5)1(6)7/h3,9H,2,6H2,1H3,(H,11,12)(H4,7,8,10);(H,6,7). The zero-order valence-corrected chi connectivity index (χ0v) is 9.86. The van der Waals surface area contributed by atoms with Crippen molar-refractivity contribution < 1.29 is 27.9 Å². The molecule has 0 rings (SSSR count). The number of carboxylic acid groups (broad SMARTS) is 1. The molecule has 0 aromatic carbocycles. The van der Waals surface area contributed by atoms with E-state index < -0.39 is 24.2 Å². The first-order valence-electron chi connectivity index (χ1n) is 4.69. The van der Waals surface area contributed by atoms with Crippen molar-refractivity contribution in [2.24, 2.45) is 22.2 Å². The molecule has 0 saturated carbocycles. The van der Waals surface area contributed by atoms with Gasteiger partial charge in [0.05, 0.1) is 0 Å². The van der Waals surface area contributed by atoms with Crippen LogP contribution in [0.15, 0.2) is 4.99 Å². The molecule has 1 amide bonds. The molecule has 12 heteroatoms. The molecule has 0 heterocycles. The summed E-state index contributed by atoms with van der Waals surface area (Å²) >= 11 is 0. The first kappa shape index (κ1) is 19.3. The topological polar surface area (TPSA) is 169 Å². The number of halogens is 3. The number of hydrogen-bond acceptors (Lipinski definition) is 5. The Morgan fingerprint density at radius 2 is 1.79 bits per heavy atom. The van der Waals surface area contributed by atoms with Gasteiger partial charge in [0.25, 0.3) is 5.91 Å². The SMILES string of the molecule is CCNNC(=O)C(N)N=C(N)N.O=C(O)C(F)(F)F. The Balaban J connectivity index is 0. The largest absolute Gasteiger partial charge is 0.490 e. The van der Waals surface area contributed by atoms with Gasteiger partial charge in [-0.05, 0) is 0 Å². The Kier molecular flexibility index (Phi) is 9.06. The highest BCUT2D eigenvalue weighted by Gasteiger charge is 2.38. The van der Waals surface area contributed by atoms with Gasteiger partial charge in [-0.15, -0.1) is 0 Å². The summed E-state index contributed by atoms with van der Waals surface area (Å²) < 4.78 is 31.7. The van der Waals surface area contributed by atoms with Crippen LogP contribution in [0.4, 0.5) is 13.2 Å². The van der Waals surface area contributed by atoms with Crippen LogP contribution in [-0.4, -0.2) is 41.8 Å². The average Bonchev–Trinajstić information content (AvgIpc) is 2.24. The van der Waals surface area contributed by atoms with Crippen LogP contribution in [0.5, 0.6) is 0 Å². The maximum Gasteiger partial charge on any atom is 0.490 e. The van der Waals surface area contributed by atoms with Crippen LogP contribution in [0.25, 0.3) is 0 Å². The number of nitrogens with two attached hydrogens (primary N) is 3. The maximum absolute atomic E-state index is 10.9. The maximum atomic E-state index is 10.9. The number of nitrogens with zero attached hydrogens (tertiary/aromatic N) is 1. The van der Waals surface area contributed by atoms with Crippen LogP contribution in [0.2, 0.25) is 0 Å². The highest BCUT2D eigenvalue weighted by atomic mass is 19.4. The van der Waals surface area contributed by atoms with Crippen molar-refractivity contribution in [2.75, 3.05) is 6.54 Å². The van der Waals surface area contributed by atoms with Crippen LogP contribution >= 0.6 is 0 Å². The van der Waals surface area contributed by atoms with E-state index in [0.717, 1.165) is 0 Å². The minimum absolute atomic E-state index is 0.214. The zero-order chi connectivity index (χ0) is 15.6. The number of hydrogen-bond donors (Lipinski definition) is 6. The van der Waals surface area contributed by atoms with Gasteiger partial charge in [-0.1, -0.05) is 6.92 Å². The molecule has 0 spiro atoms. The van der Waals surface area contributed by atoms with Crippen LogP contribution in [-0.2, 0) is 9.59 Å². The third-order valence-electron chi connectivity index (χ3n) is 1.19. The van der Waals surface area contributed by atoms with Crippen molar-refractivity contribution in [2.45, 2.75) is 19.3 Å². The summed E-state index contributed by atoms with van der Waals surface area (Å²) in [6.45, 7) is 2.42. The van der Waals surface area contributed by atoms with Crippen molar-refractivity contribution >= 4 is 17.8 Å². The second kappa shape index (κ2) is 8.93. The number of amides is 1. The van der Waals surface area contributed by atoms with E-state index in [4.69, 9.17) is 27.1 Å². The molecule has 9 nitrogen and oxygen atoms in total. The normalized spacial score (nSPS) is 11.6. The van der Waals surface area contributed by atoms with Gasteiger partial charge in [0, 0.05) is 6.54 Å². The third kappa shape index (κ3) is 12.2. The first-order valence-corrected chi connectivity index (χ1v) is 4.69. The van der Waals surface area contributed by atoms with Crippen LogP contribution in [0, 0.1) is 0 Å². The fraction of sp³-hybridized carbons (Fsp3) is 0.571. The van der Waals surface area contributed by atoms with Gasteiger partial charge in [0.15, 0.2) is 12.1 Å². The number of nitrogens with one attached hydrogen (secondary N) is 2. The predicted octanol–water partition coefficient (Wildman–Crippen LogP) is -2.18. The summed E-state index contributed by atoms with van der Waals surface area (Å²) in [7, 11) is 0. The van der Waals surface area contributed by atoms with Crippen LogP contribution < -0.4 is 28.1 Å². The number of aliphatic carboxylic acids is 1. The summed E-state index contributed by atoms with van der Waals surface area (Å²) in [4.78, 5) is 23.2. The molecule has 0 aliphatic rings. The van der Waals surface area contributed by atoms with Crippen molar-refractivity contribution in [1.29, 1.82) is 0 Å². The van der Waals surface area contributed by atoms with E-state index in [1.165, 1.54) is 0 Å². The van der Waals surface area contributed by atoms with E-state index in [9.17, 15) is 18.0 Å². The van der Waals surface area contributed by atoms with Gasteiger partial charge in [0.1, 0.15) is 0 Å². The number of carboxylic acids is 1. The molecule has 0 fully saturated rings. The molecule has 0 bridgehead atoms. The van der Waals surface area contributed by atoms with Gasteiger partial charge in [-0.2, -0.15) is 13.2 Å². The van der Waals surface area contributed by atoms with E-state index in [-0.39, 0.29) is 5.96 Å². The summed E-state index contributed by atoms with van der Waals surface area (Å²) in [5.74, 6) is -3.45. The summed E-state index contributed by atoms with van der Waals surface area (Å²) in [5.41, 5.74) is 20.2. The molecule has 112 valence electrons. The van der Waals surface area contributed by atoms with E-state index in [0.29, 0.717) is 6.54 Å². The van der Waals surface area contributed by atoms with Gasteiger partial charge >= 0.3 is 12.1 Å². The molecule has 1 atom stereocenters. The fourth-order valence-electron chi connectivity index (χ4n) is 0.469. The van der Waals surface area contributed by atoms with Crippen molar-refractivity contribution in [1.82, 2.24) is 10.9 Å². The second-order valence-electron chi connectivity index (χ2n) is 2.82. The van der Waals surface area contributed by atoms with E-state index >= 15 is 0 Å². The number of carbonyl (C=O) groups is 2. The number of alkyl halides is 3. The zero-order valence-electron chi connectivity index (χ0n) is 9.86. The predicted molar refractivity (Wildman–Crippen MR) is 59.3 cm³/mol.